The quantitative estimate of drug-likeness (QED) is 0.532. The van der Waals surface area contributed by atoms with Crippen LogP contribution in [0.3, 0.4) is 0 Å². The SMILES string of the molecule is COC(=O)C1(C)CN(C(=O)OC(C)(C)C)CCC1=O. The highest BCUT2D eigenvalue weighted by Crippen LogP contribution is 2.28. The van der Waals surface area contributed by atoms with E-state index in [-0.39, 0.29) is 25.3 Å². The minimum absolute atomic E-state index is 0.00653. The van der Waals surface area contributed by atoms with Crippen molar-refractivity contribution in [2.75, 3.05) is 20.2 Å². The van der Waals surface area contributed by atoms with Gasteiger partial charge < -0.3 is 14.4 Å². The monoisotopic (exact) mass is 271 g/mol. The Morgan fingerprint density at radius 1 is 1.32 bits per heavy atom. The summed E-state index contributed by atoms with van der Waals surface area (Å²) in [5.41, 5.74) is -1.91. The van der Waals surface area contributed by atoms with Crippen LogP contribution in [0.4, 0.5) is 4.79 Å². The first-order valence-corrected chi connectivity index (χ1v) is 6.20. The second kappa shape index (κ2) is 5.19. The van der Waals surface area contributed by atoms with Crippen LogP contribution in [0.15, 0.2) is 0 Å². The van der Waals surface area contributed by atoms with Gasteiger partial charge in [-0.3, -0.25) is 9.59 Å². The molecule has 108 valence electrons. The lowest BCUT2D eigenvalue weighted by molar-refractivity contribution is -0.160. The van der Waals surface area contributed by atoms with Crippen LogP contribution in [-0.4, -0.2) is 48.5 Å². The topological polar surface area (TPSA) is 72.9 Å². The number of hydrogen-bond acceptors (Lipinski definition) is 5. The predicted molar refractivity (Wildman–Crippen MR) is 67.6 cm³/mol. The molecule has 1 aliphatic rings. The minimum atomic E-state index is -1.30. The van der Waals surface area contributed by atoms with Gasteiger partial charge in [0.15, 0.2) is 5.78 Å². The molecule has 6 nitrogen and oxygen atoms in total. The van der Waals surface area contributed by atoms with E-state index in [0.717, 1.165) is 0 Å². The molecule has 0 saturated carbocycles. The summed E-state index contributed by atoms with van der Waals surface area (Å²) < 4.78 is 9.90. The van der Waals surface area contributed by atoms with E-state index in [1.165, 1.54) is 18.9 Å². The summed E-state index contributed by atoms with van der Waals surface area (Å²) >= 11 is 0. The molecule has 1 rings (SSSR count). The summed E-state index contributed by atoms with van der Waals surface area (Å²) in [6, 6.07) is 0. The highest BCUT2D eigenvalue weighted by Gasteiger charge is 2.47. The molecule has 0 aromatic heterocycles. The summed E-state index contributed by atoms with van der Waals surface area (Å²) in [6.45, 7) is 7.05. The summed E-state index contributed by atoms with van der Waals surface area (Å²) in [5, 5.41) is 0. The van der Waals surface area contributed by atoms with E-state index >= 15 is 0 Å². The van der Waals surface area contributed by atoms with Gasteiger partial charge in [-0.25, -0.2) is 4.79 Å². The first kappa shape index (κ1) is 15.5. The van der Waals surface area contributed by atoms with Crippen molar-refractivity contribution in [3.63, 3.8) is 0 Å². The van der Waals surface area contributed by atoms with Gasteiger partial charge in [0.1, 0.15) is 11.0 Å². The zero-order chi connectivity index (χ0) is 14.8. The van der Waals surface area contributed by atoms with Gasteiger partial charge in [-0.05, 0) is 27.7 Å². The van der Waals surface area contributed by atoms with E-state index in [9.17, 15) is 14.4 Å². The van der Waals surface area contributed by atoms with Crippen molar-refractivity contribution in [3.8, 4) is 0 Å². The molecule has 0 aromatic rings. The molecule has 19 heavy (non-hydrogen) atoms. The predicted octanol–water partition coefficient (Wildman–Crippen LogP) is 1.38. The molecular weight excluding hydrogens is 250 g/mol. The maximum Gasteiger partial charge on any atom is 0.410 e. The Kier molecular flexibility index (Phi) is 4.22. The van der Waals surface area contributed by atoms with Crippen molar-refractivity contribution >= 4 is 17.8 Å². The average molecular weight is 271 g/mol. The largest absolute Gasteiger partial charge is 0.468 e. The summed E-state index contributed by atoms with van der Waals surface area (Å²) in [6.07, 6.45) is -0.389. The highest BCUT2D eigenvalue weighted by molar-refractivity contribution is 6.04. The Morgan fingerprint density at radius 3 is 2.37 bits per heavy atom. The van der Waals surface area contributed by atoms with Gasteiger partial charge in [0, 0.05) is 19.5 Å². The Morgan fingerprint density at radius 2 is 1.89 bits per heavy atom. The number of hydrogen-bond donors (Lipinski definition) is 0. The van der Waals surface area contributed by atoms with Crippen LogP contribution in [-0.2, 0) is 19.1 Å². The Labute approximate surface area is 113 Å². The Balaban J connectivity index is 2.83. The Hall–Kier alpha value is -1.59. The molecule has 1 unspecified atom stereocenters. The third kappa shape index (κ3) is 3.45. The molecule has 0 aromatic carbocycles. The molecule has 1 fully saturated rings. The normalized spacial score (nSPS) is 24.1. The summed E-state index contributed by atoms with van der Waals surface area (Å²) in [5.74, 6) is -0.829. The van der Waals surface area contributed by atoms with Crippen LogP contribution in [0.25, 0.3) is 0 Å². The fourth-order valence-electron chi connectivity index (χ4n) is 1.95. The number of ether oxygens (including phenoxy) is 2. The first-order valence-electron chi connectivity index (χ1n) is 6.20. The number of methoxy groups -OCH3 is 1. The van der Waals surface area contributed by atoms with Crippen molar-refractivity contribution in [1.82, 2.24) is 4.90 Å². The second-order valence-electron chi connectivity index (χ2n) is 5.90. The third-order valence-electron chi connectivity index (χ3n) is 3.02. The van der Waals surface area contributed by atoms with Crippen molar-refractivity contribution in [3.05, 3.63) is 0 Å². The number of likely N-dealkylation sites (tertiary alicyclic amines) is 1. The number of ketones is 1. The van der Waals surface area contributed by atoms with Gasteiger partial charge in [0.05, 0.1) is 7.11 Å². The van der Waals surface area contributed by atoms with Crippen LogP contribution in [0.1, 0.15) is 34.1 Å². The Bertz CT molecular complexity index is 388. The third-order valence-corrected chi connectivity index (χ3v) is 3.02. The molecule has 1 heterocycles. The van der Waals surface area contributed by atoms with Crippen LogP contribution >= 0.6 is 0 Å². The molecule has 0 aliphatic carbocycles. The van der Waals surface area contributed by atoms with Gasteiger partial charge in [-0.2, -0.15) is 0 Å². The van der Waals surface area contributed by atoms with Crippen LogP contribution < -0.4 is 0 Å². The summed E-state index contributed by atoms with van der Waals surface area (Å²) in [7, 11) is 1.23. The number of Topliss-reactive ketones (excluding diaryl/α,β-unsaturated/α-hetero) is 1. The zero-order valence-corrected chi connectivity index (χ0v) is 12.1. The van der Waals surface area contributed by atoms with E-state index in [2.05, 4.69) is 4.74 Å². The standard InChI is InChI=1S/C13H21NO5/c1-12(2,3)19-11(17)14-7-6-9(15)13(4,8-14)10(16)18-5/h6-8H2,1-5H3. The van der Waals surface area contributed by atoms with Crippen molar-refractivity contribution in [2.24, 2.45) is 5.41 Å². The fraction of sp³-hybridized carbons (Fsp3) is 0.769. The fourth-order valence-corrected chi connectivity index (χ4v) is 1.95. The van der Waals surface area contributed by atoms with Gasteiger partial charge in [0.2, 0.25) is 0 Å². The number of esters is 1. The molecule has 0 spiro atoms. The van der Waals surface area contributed by atoms with Gasteiger partial charge in [0.25, 0.3) is 0 Å². The molecule has 0 N–H and O–H groups in total. The number of piperidine rings is 1. The van der Waals surface area contributed by atoms with Crippen LogP contribution in [0.2, 0.25) is 0 Å². The molecule has 1 atom stereocenters. The van der Waals surface area contributed by atoms with E-state index in [1.54, 1.807) is 20.8 Å². The van der Waals surface area contributed by atoms with E-state index in [1.807, 2.05) is 0 Å². The maximum atomic E-state index is 12.0. The number of carbonyl (C=O) groups is 3. The van der Waals surface area contributed by atoms with Crippen LogP contribution in [0.5, 0.6) is 0 Å². The molecule has 1 saturated heterocycles. The van der Waals surface area contributed by atoms with Crippen molar-refractivity contribution in [2.45, 2.75) is 39.7 Å². The molecule has 1 amide bonds. The lowest BCUT2D eigenvalue weighted by Crippen LogP contribution is -2.54. The first-order chi connectivity index (χ1) is 8.60. The number of rotatable bonds is 1. The highest BCUT2D eigenvalue weighted by atomic mass is 16.6. The molecular formula is C13H21NO5. The van der Waals surface area contributed by atoms with Gasteiger partial charge in [-0.1, -0.05) is 0 Å². The minimum Gasteiger partial charge on any atom is -0.468 e. The maximum absolute atomic E-state index is 12.0. The number of carbonyl (C=O) groups excluding carboxylic acids is 3. The van der Waals surface area contributed by atoms with Crippen LogP contribution in [0, 0.1) is 5.41 Å². The second-order valence-corrected chi connectivity index (χ2v) is 5.90. The molecule has 0 bridgehead atoms. The molecule has 6 heteroatoms. The molecule has 0 radical (unpaired) electrons. The lowest BCUT2D eigenvalue weighted by Gasteiger charge is -2.37. The van der Waals surface area contributed by atoms with Gasteiger partial charge >= 0.3 is 12.1 Å². The smallest absolute Gasteiger partial charge is 0.410 e. The van der Waals surface area contributed by atoms with Crippen molar-refractivity contribution in [1.29, 1.82) is 0 Å². The summed E-state index contributed by atoms with van der Waals surface area (Å²) in [4.78, 5) is 37.0. The van der Waals surface area contributed by atoms with E-state index in [4.69, 9.17) is 4.74 Å². The zero-order valence-electron chi connectivity index (χ0n) is 12.1. The molecule has 1 aliphatic heterocycles. The number of nitrogens with zero attached hydrogens (tertiary/aromatic N) is 1. The van der Waals surface area contributed by atoms with Crippen molar-refractivity contribution < 1.29 is 23.9 Å². The number of amides is 1. The average Bonchev–Trinajstić information content (AvgIpc) is 2.29. The lowest BCUT2D eigenvalue weighted by atomic mass is 9.81. The van der Waals surface area contributed by atoms with Gasteiger partial charge in [-0.15, -0.1) is 0 Å². The van der Waals surface area contributed by atoms with E-state index < -0.39 is 23.1 Å². The van der Waals surface area contributed by atoms with E-state index in [0.29, 0.717) is 0 Å².